The van der Waals surface area contributed by atoms with Crippen molar-refractivity contribution in [3.05, 3.63) is 52.5 Å². The fraction of sp³-hybridized carbons (Fsp3) is 0.333. The summed E-state index contributed by atoms with van der Waals surface area (Å²) in [6.45, 7) is 1.74. The van der Waals surface area contributed by atoms with Crippen LogP contribution in [0, 0.1) is 5.82 Å². The first-order valence-corrected chi connectivity index (χ1v) is 8.61. The topological polar surface area (TPSA) is 83.6 Å². The molecule has 0 aromatic heterocycles. The Morgan fingerprint density at radius 2 is 2.00 bits per heavy atom. The minimum Gasteiger partial charge on any atom is -0.401 e. The molecule has 0 spiro atoms. The number of allylic oxidation sites excluding steroid dienone is 1. The normalized spacial score (nSPS) is 17.1. The van der Waals surface area contributed by atoms with Crippen molar-refractivity contribution >= 4 is 9.84 Å². The van der Waals surface area contributed by atoms with E-state index in [1.807, 2.05) is 0 Å². The van der Waals surface area contributed by atoms with Crippen LogP contribution in [0.1, 0.15) is 12.5 Å². The summed E-state index contributed by atoms with van der Waals surface area (Å²) < 4.78 is 76.9. The molecular weight excluding hydrogens is 364 g/mol. The van der Waals surface area contributed by atoms with Crippen LogP contribution in [0.15, 0.2) is 46.0 Å². The Morgan fingerprint density at radius 1 is 1.36 bits per heavy atom. The molecule has 0 aliphatic carbocycles. The Labute approximate surface area is 142 Å². The Balaban J connectivity index is 2.46. The summed E-state index contributed by atoms with van der Waals surface area (Å²) in [5, 5.41) is 9.40. The fourth-order valence-electron chi connectivity index (χ4n) is 2.35. The molecule has 2 rings (SSSR count). The van der Waals surface area contributed by atoms with Crippen LogP contribution in [0.5, 0.6) is 0 Å². The van der Waals surface area contributed by atoms with E-state index in [0.29, 0.717) is 12.1 Å². The summed E-state index contributed by atoms with van der Waals surface area (Å²) in [5.41, 5.74) is 4.55. The van der Waals surface area contributed by atoms with Crippen molar-refractivity contribution in [1.29, 1.82) is 0 Å². The number of rotatable bonds is 4. The second kappa shape index (κ2) is 6.68. The van der Waals surface area contributed by atoms with Gasteiger partial charge in [-0.15, -0.1) is 0 Å². The lowest BCUT2D eigenvalue weighted by Crippen LogP contribution is -2.33. The number of alkyl halides is 3. The predicted octanol–water partition coefficient (Wildman–Crippen LogP) is 2.00. The van der Waals surface area contributed by atoms with Crippen LogP contribution >= 0.6 is 0 Å². The van der Waals surface area contributed by atoms with Crippen molar-refractivity contribution in [3.63, 3.8) is 0 Å². The molecule has 1 atom stereocenters. The fourth-order valence-corrected chi connectivity index (χ4v) is 3.76. The van der Waals surface area contributed by atoms with Gasteiger partial charge in [0.05, 0.1) is 23.1 Å². The second-order valence-corrected chi connectivity index (χ2v) is 7.59. The molecule has 1 aromatic rings. The van der Waals surface area contributed by atoms with E-state index in [-0.39, 0.29) is 29.8 Å². The van der Waals surface area contributed by atoms with Gasteiger partial charge in [0, 0.05) is 18.4 Å². The zero-order valence-electron chi connectivity index (χ0n) is 13.1. The van der Waals surface area contributed by atoms with Gasteiger partial charge in [-0.2, -0.15) is 13.2 Å². The molecule has 25 heavy (non-hydrogen) atoms. The third kappa shape index (κ3) is 4.31. The number of β-amino-alcohol motifs (C(OH)–C–C–N with tert-alkyl or cyclic N) is 1. The van der Waals surface area contributed by atoms with E-state index < -0.39 is 38.4 Å². The number of benzene rings is 1. The Bertz CT molecular complexity index is 830. The standard InChI is InChI=1S/C15H16F4N2O3S/c1-9(22)6-21-7-11(20)5-12(8-21)25(23,24)14-3-2-10(4-13(14)16)15(17,18)19/h2-5,8-9,22H,6-7,20H2,1H3/t9-/m0/s1. The lowest BCUT2D eigenvalue weighted by atomic mass is 10.2. The maximum Gasteiger partial charge on any atom is 0.416 e. The van der Waals surface area contributed by atoms with E-state index in [1.165, 1.54) is 18.0 Å². The summed E-state index contributed by atoms with van der Waals surface area (Å²) in [7, 11) is -4.42. The average molecular weight is 380 g/mol. The van der Waals surface area contributed by atoms with Crippen molar-refractivity contribution in [1.82, 2.24) is 4.90 Å². The van der Waals surface area contributed by atoms with Crippen molar-refractivity contribution < 1.29 is 31.1 Å². The minimum absolute atomic E-state index is 0.0864. The highest BCUT2D eigenvalue weighted by Crippen LogP contribution is 2.33. The lowest BCUT2D eigenvalue weighted by Gasteiger charge is -2.26. The van der Waals surface area contributed by atoms with Crippen LogP contribution in [0.2, 0.25) is 0 Å². The molecular formula is C15H16F4N2O3S. The number of aliphatic hydroxyl groups excluding tert-OH is 1. The molecule has 0 fully saturated rings. The summed E-state index contributed by atoms with van der Waals surface area (Å²) in [5.74, 6) is -1.50. The lowest BCUT2D eigenvalue weighted by molar-refractivity contribution is -0.137. The van der Waals surface area contributed by atoms with Crippen LogP contribution in [0.4, 0.5) is 17.6 Å². The molecule has 3 N–H and O–H groups in total. The van der Waals surface area contributed by atoms with E-state index in [9.17, 15) is 31.1 Å². The van der Waals surface area contributed by atoms with Gasteiger partial charge in [0.25, 0.3) is 0 Å². The predicted molar refractivity (Wildman–Crippen MR) is 82.2 cm³/mol. The van der Waals surface area contributed by atoms with Gasteiger partial charge in [-0.25, -0.2) is 12.8 Å². The van der Waals surface area contributed by atoms with E-state index in [0.717, 1.165) is 6.08 Å². The molecule has 1 aliphatic heterocycles. The van der Waals surface area contributed by atoms with Crippen LogP contribution < -0.4 is 5.73 Å². The Hall–Kier alpha value is -2.07. The molecule has 1 aromatic carbocycles. The first-order chi connectivity index (χ1) is 11.4. The molecule has 1 heterocycles. The van der Waals surface area contributed by atoms with Gasteiger partial charge in [0.1, 0.15) is 10.7 Å². The van der Waals surface area contributed by atoms with Gasteiger partial charge in [-0.1, -0.05) is 0 Å². The maximum absolute atomic E-state index is 14.0. The third-order valence-electron chi connectivity index (χ3n) is 3.38. The molecule has 5 nitrogen and oxygen atoms in total. The SMILES string of the molecule is C[C@H](O)CN1C=C(S(=O)(=O)c2ccc(C(F)(F)F)cc2F)C=C(N)C1. The van der Waals surface area contributed by atoms with E-state index >= 15 is 0 Å². The molecule has 1 aliphatic rings. The number of hydrogen-bond donors (Lipinski definition) is 2. The first-order valence-electron chi connectivity index (χ1n) is 7.13. The Morgan fingerprint density at radius 3 is 2.52 bits per heavy atom. The zero-order chi connectivity index (χ0) is 19.0. The highest BCUT2D eigenvalue weighted by molar-refractivity contribution is 7.95. The van der Waals surface area contributed by atoms with E-state index in [2.05, 4.69) is 0 Å². The van der Waals surface area contributed by atoms with Crippen LogP contribution in [0.25, 0.3) is 0 Å². The number of sulfone groups is 1. The number of hydrogen-bond acceptors (Lipinski definition) is 5. The van der Waals surface area contributed by atoms with Gasteiger partial charge < -0.3 is 15.7 Å². The zero-order valence-corrected chi connectivity index (χ0v) is 13.9. The minimum atomic E-state index is -4.79. The molecule has 0 unspecified atom stereocenters. The first kappa shape index (κ1) is 19.3. The summed E-state index contributed by atoms with van der Waals surface area (Å²) in [4.78, 5) is 0.180. The average Bonchev–Trinajstić information content (AvgIpc) is 2.44. The number of nitrogens with zero attached hydrogens (tertiary/aromatic N) is 1. The van der Waals surface area contributed by atoms with Crippen LogP contribution in [0.3, 0.4) is 0 Å². The monoisotopic (exact) mass is 380 g/mol. The molecule has 0 radical (unpaired) electrons. The summed E-state index contributed by atoms with van der Waals surface area (Å²) in [6.07, 6.45) is -3.26. The molecule has 0 saturated carbocycles. The van der Waals surface area contributed by atoms with E-state index in [4.69, 9.17) is 5.73 Å². The number of halogens is 4. The highest BCUT2D eigenvalue weighted by Gasteiger charge is 2.33. The molecule has 0 bridgehead atoms. The molecule has 138 valence electrons. The summed E-state index contributed by atoms with van der Waals surface area (Å²) >= 11 is 0. The third-order valence-corrected chi connectivity index (χ3v) is 5.13. The van der Waals surface area contributed by atoms with Gasteiger partial charge in [0.2, 0.25) is 9.84 Å². The van der Waals surface area contributed by atoms with Gasteiger partial charge in [0.15, 0.2) is 0 Å². The Kier molecular flexibility index (Phi) is 5.14. The number of nitrogens with two attached hydrogens (primary N) is 1. The summed E-state index contributed by atoms with van der Waals surface area (Å²) in [6, 6.07) is 1.21. The quantitative estimate of drug-likeness (QED) is 0.781. The van der Waals surface area contributed by atoms with Crippen molar-refractivity contribution in [2.45, 2.75) is 24.1 Å². The van der Waals surface area contributed by atoms with Crippen molar-refractivity contribution in [2.24, 2.45) is 5.73 Å². The van der Waals surface area contributed by atoms with Gasteiger partial charge in [-0.05, 0) is 31.2 Å². The van der Waals surface area contributed by atoms with Crippen LogP contribution in [-0.4, -0.2) is 37.6 Å². The second-order valence-electron chi connectivity index (χ2n) is 5.68. The molecule has 0 amide bonds. The maximum atomic E-state index is 14.0. The van der Waals surface area contributed by atoms with Crippen LogP contribution in [-0.2, 0) is 16.0 Å². The largest absolute Gasteiger partial charge is 0.416 e. The van der Waals surface area contributed by atoms with Crippen molar-refractivity contribution in [2.75, 3.05) is 13.1 Å². The highest BCUT2D eigenvalue weighted by atomic mass is 32.2. The van der Waals surface area contributed by atoms with Gasteiger partial charge in [-0.3, -0.25) is 0 Å². The van der Waals surface area contributed by atoms with E-state index in [1.54, 1.807) is 0 Å². The number of aliphatic hydroxyl groups is 1. The smallest absolute Gasteiger partial charge is 0.401 e. The molecule has 0 saturated heterocycles. The van der Waals surface area contributed by atoms with Crippen molar-refractivity contribution in [3.8, 4) is 0 Å². The molecule has 10 heteroatoms. The van der Waals surface area contributed by atoms with Gasteiger partial charge >= 0.3 is 6.18 Å².